The minimum atomic E-state index is -6.59. The number of benzene rings is 6. The molecule has 652 valence electrons. The van der Waals surface area contributed by atoms with Crippen LogP contribution in [0.3, 0.4) is 0 Å². The molecule has 3 aliphatic rings. The van der Waals surface area contributed by atoms with Gasteiger partial charge in [-0.1, -0.05) is 123 Å². The van der Waals surface area contributed by atoms with Gasteiger partial charge < -0.3 is 28.5 Å². The molecule has 0 aromatic heterocycles. The number of rotatable bonds is 12. The summed E-state index contributed by atoms with van der Waals surface area (Å²) < 4.78 is 667. The van der Waals surface area contributed by atoms with Crippen LogP contribution < -0.4 is 0 Å². The second-order valence-electron chi connectivity index (χ2n) is 22.2. The van der Waals surface area contributed by atoms with Crippen molar-refractivity contribution in [2.45, 2.75) is 119 Å². The number of thioether (sulfide) groups is 6. The number of unbranched alkanes of at least 4 members (excludes halogenated alkanes) is 2. The summed E-state index contributed by atoms with van der Waals surface area (Å²) in [5.41, 5.74) is -21.5. The summed E-state index contributed by atoms with van der Waals surface area (Å²) in [6.07, 6.45) is -47.7. The van der Waals surface area contributed by atoms with Crippen molar-refractivity contribution in [3.8, 4) is 0 Å². The van der Waals surface area contributed by atoms with Gasteiger partial charge in [0.25, 0.3) is 0 Å². The van der Waals surface area contributed by atoms with Gasteiger partial charge in [-0.05, 0) is 0 Å². The summed E-state index contributed by atoms with van der Waals surface area (Å²) in [4.78, 5) is -17.0. The molecular formula is C56H18B2F42FeN6O6S6. The molecule has 2 bridgehead atoms. The van der Waals surface area contributed by atoms with Crippen LogP contribution in [-0.2, 0) is 82.7 Å². The maximum atomic E-state index is 16.3. The Balaban J connectivity index is 0.0000195. The molecule has 0 spiro atoms. The van der Waals surface area contributed by atoms with Gasteiger partial charge >= 0.3 is 67.6 Å². The van der Waals surface area contributed by atoms with E-state index in [2.05, 4.69) is 30.9 Å². The van der Waals surface area contributed by atoms with Crippen LogP contribution in [0.1, 0.15) is 72.9 Å². The molecule has 6 aromatic rings. The predicted octanol–water partition coefficient (Wildman–Crippen LogP) is 24.7. The van der Waals surface area contributed by atoms with Crippen LogP contribution in [0.2, 0.25) is 12.6 Å². The first-order valence-corrected chi connectivity index (χ1v) is 34.6. The number of hydrogen-bond donors (Lipinski definition) is 0. The van der Waals surface area contributed by atoms with E-state index in [1.807, 2.05) is 0 Å². The number of oxime groups is 6. The largest absolute Gasteiger partial charge is 2.00 e. The third-order valence-electron chi connectivity index (χ3n) is 14.4. The molecule has 3 heterocycles. The molecule has 12 nitrogen and oxygen atoms in total. The van der Waals surface area contributed by atoms with E-state index in [0.29, 0.717) is 0 Å². The Morgan fingerprint density at radius 1 is 0.210 bits per heavy atom. The monoisotopic (exact) mass is 1940 g/mol. The van der Waals surface area contributed by atoms with Crippen LogP contribution in [0, 0.1) is 140 Å². The minimum absolute atomic E-state index is 0. The van der Waals surface area contributed by atoms with Crippen molar-refractivity contribution in [3.63, 3.8) is 0 Å². The average molecular weight is 1940 g/mol. The van der Waals surface area contributed by atoms with Gasteiger partial charge in [0, 0.05) is 0 Å². The summed E-state index contributed by atoms with van der Waals surface area (Å²) in [7, 11) is 0. The quantitative estimate of drug-likeness (QED) is 0.0657. The molecule has 0 saturated heterocycles. The van der Waals surface area contributed by atoms with E-state index in [1.54, 1.807) is 0 Å². The van der Waals surface area contributed by atoms with Gasteiger partial charge in [-0.3, -0.25) is 0 Å². The maximum absolute atomic E-state index is 16.3. The number of halogens is 42. The molecule has 119 heavy (non-hydrogen) atoms. The maximum Gasteiger partial charge on any atom is 2.00 e. The van der Waals surface area contributed by atoms with E-state index in [1.165, 1.54) is 0 Å². The summed E-state index contributed by atoms with van der Waals surface area (Å²) in [6, 6.07) is 0. The summed E-state index contributed by atoms with van der Waals surface area (Å²) in [5, 5.41) is 2.65. The number of alkyl halides is 18. The van der Waals surface area contributed by atoms with Crippen LogP contribution in [0.15, 0.2) is 60.3 Å². The molecule has 9 rings (SSSR count). The Labute approximate surface area is 664 Å². The van der Waals surface area contributed by atoms with Crippen molar-refractivity contribution in [2.75, 3.05) is 0 Å². The zero-order valence-corrected chi connectivity index (χ0v) is 61.2. The Bertz CT molecular complexity index is 4260. The molecule has 0 amide bonds. The van der Waals surface area contributed by atoms with E-state index in [-0.39, 0.29) is 17.1 Å². The van der Waals surface area contributed by atoms with Crippen molar-refractivity contribution in [2.24, 2.45) is 30.9 Å². The molecule has 0 saturated carbocycles. The van der Waals surface area contributed by atoms with Crippen molar-refractivity contribution >= 4 is 114 Å². The van der Waals surface area contributed by atoms with Gasteiger partial charge in [0.1, 0.15) is 33.4 Å². The average Bonchev–Trinajstić information content (AvgIpc) is 0.773. The molecule has 6 aromatic carbocycles. The fourth-order valence-electron chi connectivity index (χ4n) is 9.00. The van der Waals surface area contributed by atoms with Crippen molar-refractivity contribution < 1.29 is 230 Å². The topological polar surface area (TPSA) is 130 Å². The molecule has 63 heteroatoms. The van der Waals surface area contributed by atoms with Gasteiger partial charge in [0.2, 0.25) is 0 Å². The molecule has 3 aliphatic heterocycles. The molecule has 0 fully saturated rings. The zero-order valence-electron chi connectivity index (χ0n) is 55.2. The van der Waals surface area contributed by atoms with E-state index in [4.69, 9.17) is 28.5 Å². The van der Waals surface area contributed by atoms with Gasteiger partial charge in [-0.2, -0.15) is 79.0 Å². The Kier molecular flexibility index (Phi) is 29.8. The second kappa shape index (κ2) is 36.2. The molecule has 0 atom stereocenters. The normalized spacial score (nSPS) is 19.5. The van der Waals surface area contributed by atoms with Crippen molar-refractivity contribution in [1.82, 2.24) is 0 Å². The predicted molar refractivity (Wildman–Crippen MR) is 325 cm³/mol. The number of fused-ring (bicyclic) bond motifs is 9. The van der Waals surface area contributed by atoms with Crippen LogP contribution >= 0.6 is 70.6 Å². The minimum Gasteiger partial charge on any atom is -0.539 e. The summed E-state index contributed by atoms with van der Waals surface area (Å²) in [6.45, 7) is -10.3. The van der Waals surface area contributed by atoms with Crippen LogP contribution in [0.5, 0.6) is 0 Å². The smallest absolute Gasteiger partial charge is 0.539 e. The molecular weight excluding hydrogens is 1920 g/mol. The van der Waals surface area contributed by atoms with Crippen molar-refractivity contribution in [3.05, 3.63) is 173 Å². The Morgan fingerprint density at radius 2 is 0.319 bits per heavy atom. The third kappa shape index (κ3) is 19.9. The molecule has 0 aliphatic carbocycles. The van der Waals surface area contributed by atoms with Gasteiger partial charge in [-0.15, -0.1) is 30.9 Å². The first-order chi connectivity index (χ1) is 54.2. The Hall–Kier alpha value is -8.05. The molecule has 0 unspecified atom stereocenters. The fraction of sp³-hybridized carbons (Fsp3) is 0.250. The molecule has 0 N–H and O–H groups in total. The SMILES string of the molecule is CCCC[B-]12O/N=C(Sc3c(F)c(F)c(C(F)(F)F)c(F)c3F)/C(Sc3c(F)c(F)c(C(F)(F)F)c(F)c3F)=N/O[B-](CCCC)(O/N=C(Sc3c(F)c(F)c(C(F)(F)F)c(F)c3F)/C(Sc3c(F)c(F)c(C(F)(F)F)c(F)c3F)=N/O1)O/N=C(Sc1c(F)c(F)c(C(F)(F)F)c(F)c1F)/C(Sc1c(F)c(F)c(C(F)(F)F)c(F)c1F)=N/O2.[Fe+2]. The van der Waals surface area contributed by atoms with E-state index >= 15 is 105 Å². The zero-order chi connectivity index (χ0) is 89.2. The first kappa shape index (κ1) is 98.1. The van der Waals surface area contributed by atoms with Gasteiger partial charge in [0.15, 0.2) is 170 Å². The number of hydrogen-bond acceptors (Lipinski definition) is 18. The summed E-state index contributed by atoms with van der Waals surface area (Å²) in [5.74, 6) is -84.9. The third-order valence-corrected chi connectivity index (χ3v) is 20.9. The second-order valence-corrected chi connectivity index (χ2v) is 28.2. The van der Waals surface area contributed by atoms with E-state index in [0.717, 1.165) is 13.8 Å². The van der Waals surface area contributed by atoms with Gasteiger partial charge in [-0.25, -0.2) is 105 Å². The van der Waals surface area contributed by atoms with Gasteiger partial charge in [0.05, 0.1) is 29.4 Å². The van der Waals surface area contributed by atoms with Crippen LogP contribution in [0.25, 0.3) is 0 Å². The van der Waals surface area contributed by atoms with Crippen molar-refractivity contribution in [1.29, 1.82) is 0 Å². The van der Waals surface area contributed by atoms with E-state index < -0.39 is 392 Å². The fourth-order valence-corrected chi connectivity index (χ4v) is 14.3. The Morgan fingerprint density at radius 3 is 0.412 bits per heavy atom. The van der Waals surface area contributed by atoms with E-state index in [9.17, 15) is 79.0 Å². The first-order valence-electron chi connectivity index (χ1n) is 29.7. The number of nitrogens with zero attached hydrogens (tertiary/aromatic N) is 6. The standard InChI is InChI=1S/C56H18B2F42N6O6S6.Fe/c1-3-5-7-57-107-101-45(113-39-27(71)15(59)9(51(83,84)85)16(60)28(39)72)48(116-42-33(77)21(65)12(54(92,93)94)22(66)34(42)78)104-110-58(8-6-4-2,111-105-49(117-43-35(79)23(67)13(55(95,96)97)24(68)36(43)80)46(102-108-57)114-40-29(73)17(61)10(52(86,87)88)18(62)30(40)74)112-106-50(118-44-37(81)25(69)14(56(98,99)100)26(70)38(44)82)47(103-109-57)115-41-31(75)19(63)11(53(89,90)91)20(64)32(41)76;/h3-8H2,1-2H3;/q-2;+2/b101-45-,102-46-,103-47-,104-48-,105-49-,106-50-;. The summed E-state index contributed by atoms with van der Waals surface area (Å²) >= 11 is -9.60. The van der Waals surface area contributed by atoms with Crippen LogP contribution in [0.4, 0.5) is 184 Å². The molecule has 0 radical (unpaired) electrons. The van der Waals surface area contributed by atoms with Crippen LogP contribution in [-0.4, -0.2) is 43.8 Å².